The van der Waals surface area contributed by atoms with Crippen molar-refractivity contribution in [2.45, 2.75) is 71.1 Å². The summed E-state index contributed by atoms with van der Waals surface area (Å²) < 4.78 is 17.4. The molecule has 4 heterocycles. The Morgan fingerprint density at radius 2 is 1.93 bits per heavy atom. The zero-order valence-corrected chi connectivity index (χ0v) is 18.4. The van der Waals surface area contributed by atoms with E-state index < -0.39 is 0 Å². The number of rotatable bonds is 5. The van der Waals surface area contributed by atoms with Gasteiger partial charge in [0.1, 0.15) is 5.82 Å². The molecule has 5 rings (SSSR count). The highest BCUT2D eigenvalue weighted by molar-refractivity contribution is 5.62. The first-order valence-corrected chi connectivity index (χ1v) is 10.9. The summed E-state index contributed by atoms with van der Waals surface area (Å²) in [4.78, 5) is 0. The first kappa shape index (κ1) is 19.3. The SMILES string of the molecule is Cc1cc(CC(C)(C)c2cnn3cc(F)ccc23)cc2c(C(C)C)c(C3CC3)nn12. The molecule has 4 nitrogen and oxygen atoms in total. The van der Waals surface area contributed by atoms with Gasteiger partial charge in [0.05, 0.1) is 29.1 Å². The standard InChI is InChI=1S/C25H29FN4/c1-15(2)23-22-11-17(10-16(3)30(22)28-24(23)18-6-7-18)12-25(4,5)20-13-27-29-14-19(26)8-9-21(20)29/h8-11,13-15,18H,6-7,12H2,1-5H3. The molecule has 30 heavy (non-hydrogen) atoms. The maximum absolute atomic E-state index is 13.6. The van der Waals surface area contributed by atoms with Crippen LogP contribution in [-0.4, -0.2) is 19.2 Å². The molecule has 0 aliphatic heterocycles. The van der Waals surface area contributed by atoms with Gasteiger partial charge in [0.2, 0.25) is 0 Å². The Bertz CT molecular complexity index is 1260. The summed E-state index contributed by atoms with van der Waals surface area (Å²) in [5.74, 6) is 0.820. The van der Waals surface area contributed by atoms with E-state index in [-0.39, 0.29) is 11.2 Å². The van der Waals surface area contributed by atoms with Gasteiger partial charge in [-0.05, 0) is 67.3 Å². The van der Waals surface area contributed by atoms with E-state index in [9.17, 15) is 4.39 Å². The lowest BCUT2D eigenvalue weighted by Crippen LogP contribution is -2.20. The summed E-state index contributed by atoms with van der Waals surface area (Å²) in [6, 6.07) is 7.92. The molecule has 0 unspecified atom stereocenters. The number of fused-ring (bicyclic) bond motifs is 2. The molecule has 156 valence electrons. The van der Waals surface area contributed by atoms with Gasteiger partial charge in [-0.1, -0.05) is 27.7 Å². The van der Waals surface area contributed by atoms with Gasteiger partial charge in [0.25, 0.3) is 0 Å². The van der Waals surface area contributed by atoms with Crippen LogP contribution in [0.3, 0.4) is 0 Å². The van der Waals surface area contributed by atoms with Gasteiger partial charge in [-0.3, -0.25) is 0 Å². The molecular weight excluding hydrogens is 375 g/mol. The molecule has 0 saturated heterocycles. The Labute approximate surface area is 176 Å². The molecule has 1 saturated carbocycles. The van der Waals surface area contributed by atoms with E-state index in [1.807, 2.05) is 12.3 Å². The minimum atomic E-state index is -0.274. The van der Waals surface area contributed by atoms with Crippen LogP contribution >= 0.6 is 0 Å². The number of hydrogen-bond acceptors (Lipinski definition) is 2. The molecule has 1 fully saturated rings. The van der Waals surface area contributed by atoms with Gasteiger partial charge >= 0.3 is 0 Å². The summed E-state index contributed by atoms with van der Waals surface area (Å²) in [5, 5.41) is 9.38. The van der Waals surface area contributed by atoms with Crippen molar-refractivity contribution in [3.8, 4) is 0 Å². The minimum Gasteiger partial charge on any atom is -0.238 e. The van der Waals surface area contributed by atoms with Crippen LogP contribution in [0.1, 0.15) is 80.5 Å². The summed E-state index contributed by atoms with van der Waals surface area (Å²) >= 11 is 0. The number of halogens is 1. The van der Waals surface area contributed by atoms with Gasteiger partial charge in [0.15, 0.2) is 0 Å². The Morgan fingerprint density at radius 3 is 2.63 bits per heavy atom. The van der Waals surface area contributed by atoms with Crippen LogP contribution in [0.2, 0.25) is 0 Å². The Kier molecular flexibility index (Phi) is 4.28. The molecule has 0 aromatic carbocycles. The van der Waals surface area contributed by atoms with Crippen LogP contribution in [0.4, 0.5) is 4.39 Å². The van der Waals surface area contributed by atoms with Crippen molar-refractivity contribution < 1.29 is 4.39 Å². The Balaban J connectivity index is 1.58. The second-order valence-electron chi connectivity index (χ2n) is 9.83. The third-order valence-corrected chi connectivity index (χ3v) is 6.43. The van der Waals surface area contributed by atoms with Gasteiger partial charge in [-0.2, -0.15) is 10.2 Å². The van der Waals surface area contributed by atoms with E-state index in [0.717, 1.165) is 17.5 Å². The van der Waals surface area contributed by atoms with Crippen molar-refractivity contribution in [1.82, 2.24) is 19.2 Å². The number of aryl methyl sites for hydroxylation is 1. The zero-order valence-electron chi connectivity index (χ0n) is 18.4. The molecular formula is C25H29FN4. The maximum Gasteiger partial charge on any atom is 0.141 e. The fourth-order valence-corrected chi connectivity index (χ4v) is 4.85. The first-order chi connectivity index (χ1) is 14.2. The predicted molar refractivity (Wildman–Crippen MR) is 118 cm³/mol. The Hall–Kier alpha value is -2.69. The highest BCUT2D eigenvalue weighted by Gasteiger charge is 2.32. The highest BCUT2D eigenvalue weighted by atomic mass is 19.1. The smallest absolute Gasteiger partial charge is 0.141 e. The van der Waals surface area contributed by atoms with Gasteiger partial charge in [0, 0.05) is 22.7 Å². The van der Waals surface area contributed by atoms with E-state index in [2.05, 4.69) is 56.4 Å². The quantitative estimate of drug-likeness (QED) is 0.412. The van der Waals surface area contributed by atoms with Crippen LogP contribution in [0.5, 0.6) is 0 Å². The molecule has 0 N–H and O–H groups in total. The molecule has 0 radical (unpaired) electrons. The molecule has 0 spiro atoms. The van der Waals surface area contributed by atoms with Crippen molar-refractivity contribution in [1.29, 1.82) is 0 Å². The van der Waals surface area contributed by atoms with Gasteiger partial charge < -0.3 is 0 Å². The molecule has 0 amide bonds. The van der Waals surface area contributed by atoms with Gasteiger partial charge in [-0.15, -0.1) is 0 Å². The second-order valence-corrected chi connectivity index (χ2v) is 9.83. The van der Waals surface area contributed by atoms with Crippen LogP contribution in [-0.2, 0) is 11.8 Å². The number of hydrogen-bond donors (Lipinski definition) is 0. The van der Waals surface area contributed by atoms with Crippen molar-refractivity contribution >= 4 is 11.0 Å². The summed E-state index contributed by atoms with van der Waals surface area (Å²) in [5.41, 5.74) is 8.39. The fraction of sp³-hybridized carbons (Fsp3) is 0.440. The van der Waals surface area contributed by atoms with E-state index in [4.69, 9.17) is 5.10 Å². The van der Waals surface area contributed by atoms with E-state index in [1.54, 1.807) is 4.52 Å². The lowest BCUT2D eigenvalue weighted by atomic mass is 9.79. The lowest BCUT2D eigenvalue weighted by molar-refractivity contribution is 0.526. The lowest BCUT2D eigenvalue weighted by Gasteiger charge is -2.24. The van der Waals surface area contributed by atoms with Crippen molar-refractivity contribution in [2.24, 2.45) is 0 Å². The van der Waals surface area contributed by atoms with Crippen molar-refractivity contribution in [3.05, 3.63) is 70.6 Å². The van der Waals surface area contributed by atoms with Crippen LogP contribution in [0.25, 0.3) is 11.0 Å². The fourth-order valence-electron chi connectivity index (χ4n) is 4.85. The Morgan fingerprint density at radius 1 is 1.17 bits per heavy atom. The van der Waals surface area contributed by atoms with Crippen LogP contribution in [0, 0.1) is 12.7 Å². The highest BCUT2D eigenvalue weighted by Crippen LogP contribution is 2.44. The third kappa shape index (κ3) is 3.11. The minimum absolute atomic E-state index is 0.137. The third-order valence-electron chi connectivity index (χ3n) is 6.43. The van der Waals surface area contributed by atoms with Crippen LogP contribution < -0.4 is 0 Å². The van der Waals surface area contributed by atoms with Crippen molar-refractivity contribution in [3.63, 3.8) is 0 Å². The molecule has 4 aromatic rings. The second kappa shape index (κ2) is 6.66. The first-order valence-electron chi connectivity index (χ1n) is 10.9. The largest absolute Gasteiger partial charge is 0.238 e. The summed E-state index contributed by atoms with van der Waals surface area (Å²) in [6.07, 6.45) is 6.72. The summed E-state index contributed by atoms with van der Waals surface area (Å²) in [6.45, 7) is 11.2. The van der Waals surface area contributed by atoms with Crippen molar-refractivity contribution in [2.75, 3.05) is 0 Å². The molecule has 0 atom stereocenters. The van der Waals surface area contributed by atoms with E-state index >= 15 is 0 Å². The molecule has 0 bridgehead atoms. The zero-order chi connectivity index (χ0) is 21.2. The number of pyridine rings is 2. The molecule has 1 aliphatic rings. The molecule has 4 aromatic heterocycles. The monoisotopic (exact) mass is 404 g/mol. The van der Waals surface area contributed by atoms with Crippen LogP contribution in [0.15, 0.2) is 36.7 Å². The molecule has 1 aliphatic carbocycles. The number of nitrogens with zero attached hydrogens (tertiary/aromatic N) is 4. The topological polar surface area (TPSA) is 34.6 Å². The average Bonchev–Trinajstić information content (AvgIpc) is 3.29. The maximum atomic E-state index is 13.6. The predicted octanol–water partition coefficient (Wildman–Crippen LogP) is 5.95. The van der Waals surface area contributed by atoms with E-state index in [0.29, 0.717) is 11.8 Å². The normalized spacial score (nSPS) is 15.0. The molecule has 5 heteroatoms. The average molecular weight is 405 g/mol. The number of aromatic nitrogens is 4. The van der Waals surface area contributed by atoms with E-state index in [1.165, 1.54) is 53.1 Å². The summed E-state index contributed by atoms with van der Waals surface area (Å²) in [7, 11) is 0. The van der Waals surface area contributed by atoms with Gasteiger partial charge in [-0.25, -0.2) is 13.4 Å².